The number of carbonyl (C=O) groups is 1. The smallest absolute Gasteiger partial charge is 0.255 e. The van der Waals surface area contributed by atoms with Crippen LogP contribution in [0.1, 0.15) is 21.8 Å². The highest BCUT2D eigenvalue weighted by atomic mass is 16.6. The fourth-order valence-electron chi connectivity index (χ4n) is 3.06. The molecule has 3 aromatic rings. The lowest BCUT2D eigenvalue weighted by atomic mass is 10.2. The number of fused-ring (bicyclic) bond motifs is 1. The van der Waals surface area contributed by atoms with Crippen molar-refractivity contribution in [1.82, 2.24) is 15.0 Å². The highest BCUT2D eigenvalue weighted by Gasteiger charge is 2.24. The summed E-state index contributed by atoms with van der Waals surface area (Å²) in [5.41, 5.74) is 1.33. The molecule has 0 fully saturated rings. The number of nitrogens with zero attached hydrogens (tertiary/aromatic N) is 3. The molecule has 1 atom stereocenters. The van der Waals surface area contributed by atoms with E-state index in [1.54, 1.807) is 30.3 Å². The van der Waals surface area contributed by atoms with Gasteiger partial charge in [0.2, 0.25) is 0 Å². The number of hydrogen-bond donors (Lipinski definition) is 1. The van der Waals surface area contributed by atoms with E-state index in [9.17, 15) is 4.79 Å². The molecule has 0 saturated heterocycles. The predicted octanol–water partition coefficient (Wildman–Crippen LogP) is 2.90. The average Bonchev–Trinajstić information content (AvgIpc) is 3.17. The Kier molecular flexibility index (Phi) is 5.33. The number of pyridine rings is 1. The SMILES string of the molecule is Cc1cc(CNc2ccc(C(=O)N(C)C[C@@H]3COc4ccccc4O3)cn2)on1. The van der Waals surface area contributed by atoms with Crippen molar-refractivity contribution in [3.8, 4) is 11.5 Å². The largest absolute Gasteiger partial charge is 0.486 e. The number of ether oxygens (including phenoxy) is 2. The molecule has 1 aliphatic rings. The van der Waals surface area contributed by atoms with Gasteiger partial charge in [0.1, 0.15) is 12.4 Å². The predicted molar refractivity (Wildman–Crippen MR) is 106 cm³/mol. The number of amides is 1. The Morgan fingerprint density at radius 3 is 2.79 bits per heavy atom. The summed E-state index contributed by atoms with van der Waals surface area (Å²) < 4.78 is 16.8. The molecule has 4 rings (SSSR count). The van der Waals surface area contributed by atoms with Crippen LogP contribution in [0.5, 0.6) is 11.5 Å². The van der Waals surface area contributed by atoms with Crippen molar-refractivity contribution < 1.29 is 18.8 Å². The lowest BCUT2D eigenvalue weighted by Gasteiger charge is -2.29. The van der Waals surface area contributed by atoms with Crippen molar-refractivity contribution in [2.45, 2.75) is 19.6 Å². The van der Waals surface area contributed by atoms with Crippen LogP contribution in [-0.2, 0) is 6.54 Å². The van der Waals surface area contributed by atoms with E-state index in [1.165, 1.54) is 0 Å². The van der Waals surface area contributed by atoms with Crippen molar-refractivity contribution in [1.29, 1.82) is 0 Å². The van der Waals surface area contributed by atoms with Gasteiger partial charge in [-0.25, -0.2) is 4.98 Å². The second kappa shape index (κ2) is 8.22. The van der Waals surface area contributed by atoms with Gasteiger partial charge >= 0.3 is 0 Å². The molecule has 3 heterocycles. The lowest BCUT2D eigenvalue weighted by Crippen LogP contribution is -2.41. The van der Waals surface area contributed by atoms with Crippen molar-refractivity contribution in [3.05, 3.63) is 65.7 Å². The molecule has 0 aliphatic carbocycles. The van der Waals surface area contributed by atoms with Crippen LogP contribution in [0.3, 0.4) is 0 Å². The van der Waals surface area contributed by atoms with Gasteiger partial charge in [0, 0.05) is 19.3 Å². The number of aromatic nitrogens is 2. The Morgan fingerprint density at radius 2 is 2.07 bits per heavy atom. The third-order valence-electron chi connectivity index (χ3n) is 4.52. The van der Waals surface area contributed by atoms with E-state index in [2.05, 4.69) is 15.5 Å². The molecule has 1 N–H and O–H groups in total. The van der Waals surface area contributed by atoms with Crippen LogP contribution in [0.2, 0.25) is 0 Å². The normalized spacial score (nSPS) is 15.0. The molecule has 0 spiro atoms. The number of hydrogen-bond acceptors (Lipinski definition) is 7. The van der Waals surface area contributed by atoms with Gasteiger partial charge in [-0.15, -0.1) is 0 Å². The fraction of sp³-hybridized carbons (Fsp3) is 0.286. The summed E-state index contributed by atoms with van der Waals surface area (Å²) >= 11 is 0. The molecular formula is C21H22N4O4. The number of anilines is 1. The molecule has 1 aliphatic heterocycles. The van der Waals surface area contributed by atoms with E-state index in [0.717, 1.165) is 17.2 Å². The van der Waals surface area contributed by atoms with Crippen LogP contribution in [0.25, 0.3) is 0 Å². The first-order valence-electron chi connectivity index (χ1n) is 9.34. The van der Waals surface area contributed by atoms with E-state index in [0.29, 0.717) is 36.8 Å². The van der Waals surface area contributed by atoms with E-state index < -0.39 is 0 Å². The minimum atomic E-state index is -0.224. The number of carbonyl (C=O) groups excluding carboxylic acids is 1. The Hall–Kier alpha value is -3.55. The molecule has 1 amide bonds. The van der Waals surface area contributed by atoms with Crippen LogP contribution < -0.4 is 14.8 Å². The topological polar surface area (TPSA) is 89.7 Å². The zero-order chi connectivity index (χ0) is 20.2. The third kappa shape index (κ3) is 4.48. The summed E-state index contributed by atoms with van der Waals surface area (Å²) in [7, 11) is 1.74. The quantitative estimate of drug-likeness (QED) is 0.687. The first kappa shape index (κ1) is 18.8. The number of aryl methyl sites for hydroxylation is 1. The molecule has 1 aromatic carbocycles. The van der Waals surface area contributed by atoms with Crippen LogP contribution in [0, 0.1) is 6.92 Å². The molecular weight excluding hydrogens is 372 g/mol. The maximum absolute atomic E-state index is 12.7. The van der Waals surface area contributed by atoms with Crippen molar-refractivity contribution in [2.75, 3.05) is 25.5 Å². The van der Waals surface area contributed by atoms with Gasteiger partial charge < -0.3 is 24.2 Å². The molecule has 0 unspecified atom stereocenters. The second-order valence-electron chi connectivity index (χ2n) is 6.90. The Balaban J connectivity index is 1.31. The molecule has 8 nitrogen and oxygen atoms in total. The summed E-state index contributed by atoms with van der Waals surface area (Å²) in [6, 6.07) is 12.9. The summed E-state index contributed by atoms with van der Waals surface area (Å²) in [5.74, 6) is 2.67. The highest BCUT2D eigenvalue weighted by Crippen LogP contribution is 2.31. The van der Waals surface area contributed by atoms with E-state index in [4.69, 9.17) is 14.0 Å². The van der Waals surface area contributed by atoms with Gasteiger partial charge in [-0.1, -0.05) is 17.3 Å². The van der Waals surface area contributed by atoms with E-state index in [-0.39, 0.29) is 12.0 Å². The number of likely N-dealkylation sites (N-methyl/N-ethyl adjacent to an activating group) is 1. The van der Waals surface area contributed by atoms with Crippen molar-refractivity contribution >= 4 is 11.7 Å². The minimum absolute atomic E-state index is 0.127. The maximum atomic E-state index is 12.7. The molecule has 8 heteroatoms. The molecule has 150 valence electrons. The van der Waals surface area contributed by atoms with Gasteiger partial charge in [0.05, 0.1) is 24.3 Å². The summed E-state index contributed by atoms with van der Waals surface area (Å²) in [6.07, 6.45) is 1.33. The Morgan fingerprint density at radius 1 is 1.24 bits per heavy atom. The molecule has 2 aromatic heterocycles. The van der Waals surface area contributed by atoms with Gasteiger partial charge in [0.15, 0.2) is 23.4 Å². The number of rotatable bonds is 6. The number of benzene rings is 1. The molecule has 0 bridgehead atoms. The second-order valence-corrected chi connectivity index (χ2v) is 6.90. The van der Waals surface area contributed by atoms with Gasteiger partial charge in [-0.2, -0.15) is 0 Å². The Bertz CT molecular complexity index is 986. The summed E-state index contributed by atoms with van der Waals surface area (Å²) in [5, 5.41) is 6.98. The van der Waals surface area contributed by atoms with Gasteiger partial charge in [-0.3, -0.25) is 4.79 Å². The van der Waals surface area contributed by atoms with Crippen LogP contribution in [0.4, 0.5) is 5.82 Å². The van der Waals surface area contributed by atoms with Crippen LogP contribution >= 0.6 is 0 Å². The Labute approximate surface area is 168 Å². The van der Waals surface area contributed by atoms with E-state index >= 15 is 0 Å². The lowest BCUT2D eigenvalue weighted by molar-refractivity contribution is 0.0520. The zero-order valence-corrected chi connectivity index (χ0v) is 16.3. The van der Waals surface area contributed by atoms with Crippen molar-refractivity contribution in [3.63, 3.8) is 0 Å². The van der Waals surface area contributed by atoms with Crippen LogP contribution in [0.15, 0.2) is 53.2 Å². The van der Waals surface area contributed by atoms with Crippen molar-refractivity contribution in [2.24, 2.45) is 0 Å². The standard InChI is InChI=1S/C21H22N4O4/c1-14-9-16(29-24-14)11-23-20-8-7-15(10-22-20)21(26)25(2)12-17-13-27-18-5-3-4-6-19(18)28-17/h3-10,17H,11-13H2,1-2H3,(H,22,23)/t17-/m1/s1. The number of nitrogens with one attached hydrogen (secondary N) is 1. The van der Waals surface area contributed by atoms with Crippen LogP contribution in [-0.4, -0.2) is 47.3 Å². The first-order valence-corrected chi connectivity index (χ1v) is 9.34. The molecule has 29 heavy (non-hydrogen) atoms. The maximum Gasteiger partial charge on any atom is 0.255 e. The molecule has 0 radical (unpaired) electrons. The highest BCUT2D eigenvalue weighted by molar-refractivity contribution is 5.93. The van der Waals surface area contributed by atoms with Gasteiger partial charge in [0.25, 0.3) is 5.91 Å². The molecule has 0 saturated carbocycles. The monoisotopic (exact) mass is 394 g/mol. The third-order valence-corrected chi connectivity index (χ3v) is 4.52. The van der Waals surface area contributed by atoms with E-state index in [1.807, 2.05) is 37.3 Å². The first-order chi connectivity index (χ1) is 14.1. The fourth-order valence-corrected chi connectivity index (χ4v) is 3.06. The minimum Gasteiger partial charge on any atom is -0.486 e. The summed E-state index contributed by atoms with van der Waals surface area (Å²) in [6.45, 7) is 3.15. The van der Waals surface area contributed by atoms with Gasteiger partial charge in [-0.05, 0) is 31.2 Å². The number of para-hydroxylation sites is 2. The summed E-state index contributed by atoms with van der Waals surface area (Å²) in [4.78, 5) is 18.6. The zero-order valence-electron chi connectivity index (χ0n) is 16.3. The average molecular weight is 394 g/mol.